The van der Waals surface area contributed by atoms with E-state index in [9.17, 15) is 29.1 Å². The molecule has 0 bridgehead atoms. The Morgan fingerprint density at radius 1 is 0.919 bits per heavy atom. The fraction of sp³-hybridized carbons (Fsp3) is 0.522. The summed E-state index contributed by atoms with van der Waals surface area (Å²) in [4.78, 5) is 62.0. The van der Waals surface area contributed by atoms with Crippen LogP contribution in [0.5, 0.6) is 0 Å². The second kappa shape index (κ2) is 17.9. The van der Waals surface area contributed by atoms with E-state index in [2.05, 4.69) is 46.5 Å². The molecule has 0 radical (unpaired) electrons. The van der Waals surface area contributed by atoms with Crippen LogP contribution in [0.25, 0.3) is 0 Å². The van der Waals surface area contributed by atoms with E-state index in [1.807, 2.05) is 12.3 Å². The number of thiol groups is 2. The van der Waals surface area contributed by atoms with Crippen LogP contribution < -0.4 is 27.0 Å². The smallest absolute Gasteiger partial charge is 0.326 e. The topological polar surface area (TPSA) is 180 Å². The van der Waals surface area contributed by atoms with Crippen LogP contribution in [0.15, 0.2) is 30.3 Å². The van der Waals surface area contributed by atoms with E-state index in [-0.39, 0.29) is 30.8 Å². The maximum absolute atomic E-state index is 13.2. The standard InChI is InChI=1S/C23H35N5O6S3/c1-37-10-8-16(21(31)28-17(7-9-35)23(33)34)27-22(32)18(11-14-5-3-2-4-6-14)26-19(29)12-25-20(30)15(24)13-36/h2-6,15-18,35-36H,7-13,24H2,1H3,(H,25,30)(H,26,29)(H,27,32)(H,28,31)(H,33,34)/t15-,16-,17-,18-/m0/s1. The van der Waals surface area contributed by atoms with Crippen molar-refractivity contribution in [3.63, 3.8) is 0 Å². The van der Waals surface area contributed by atoms with Crippen molar-refractivity contribution in [1.82, 2.24) is 21.3 Å². The Balaban J connectivity index is 3.00. The van der Waals surface area contributed by atoms with Crippen LogP contribution in [-0.2, 0) is 30.4 Å². The maximum Gasteiger partial charge on any atom is 0.326 e. The molecular formula is C23H35N5O6S3. The number of carbonyl (C=O) groups is 5. The molecule has 0 unspecified atom stereocenters. The van der Waals surface area contributed by atoms with E-state index >= 15 is 0 Å². The van der Waals surface area contributed by atoms with Crippen LogP contribution in [0.2, 0.25) is 0 Å². The Kier molecular flexibility index (Phi) is 15.8. The van der Waals surface area contributed by atoms with Crippen molar-refractivity contribution < 1.29 is 29.1 Å². The molecule has 0 aromatic heterocycles. The Hall–Kier alpha value is -2.42. The first kappa shape index (κ1) is 32.6. The highest BCUT2D eigenvalue weighted by Crippen LogP contribution is 2.07. The van der Waals surface area contributed by atoms with E-state index < -0.39 is 60.3 Å². The lowest BCUT2D eigenvalue weighted by atomic mass is 10.0. The lowest BCUT2D eigenvalue weighted by molar-refractivity contribution is -0.142. The fourth-order valence-corrected chi connectivity index (χ4v) is 4.02. The van der Waals surface area contributed by atoms with E-state index in [4.69, 9.17) is 5.73 Å². The van der Waals surface area contributed by atoms with Crippen molar-refractivity contribution in [2.24, 2.45) is 5.73 Å². The number of thioether (sulfide) groups is 1. The maximum atomic E-state index is 13.2. The summed E-state index contributed by atoms with van der Waals surface area (Å²) in [6.07, 6.45) is 2.32. The zero-order valence-electron chi connectivity index (χ0n) is 20.5. The van der Waals surface area contributed by atoms with Crippen LogP contribution in [-0.4, -0.2) is 88.9 Å². The van der Waals surface area contributed by atoms with Gasteiger partial charge in [-0.1, -0.05) is 30.3 Å². The third-order valence-electron chi connectivity index (χ3n) is 5.17. The first-order chi connectivity index (χ1) is 17.6. The number of carboxylic acids is 1. The summed E-state index contributed by atoms with van der Waals surface area (Å²) in [7, 11) is 0. The SMILES string of the molecule is CSCC[C@H](NC(=O)[C@H](Cc1ccccc1)NC(=O)CNC(=O)[C@@H](N)CS)C(=O)N[C@@H](CCS)C(=O)O. The highest BCUT2D eigenvalue weighted by molar-refractivity contribution is 7.98. The Morgan fingerprint density at radius 3 is 2.11 bits per heavy atom. The van der Waals surface area contributed by atoms with E-state index in [0.717, 1.165) is 5.56 Å². The molecule has 1 aromatic rings. The van der Waals surface area contributed by atoms with Gasteiger partial charge in [0.15, 0.2) is 0 Å². The second-order valence-corrected chi connectivity index (χ2v) is 9.87. The summed E-state index contributed by atoms with van der Waals surface area (Å²) in [6, 6.07) is 4.83. The summed E-state index contributed by atoms with van der Waals surface area (Å²) in [5, 5.41) is 19.4. The minimum Gasteiger partial charge on any atom is -0.480 e. The van der Waals surface area contributed by atoms with Crippen molar-refractivity contribution in [1.29, 1.82) is 0 Å². The van der Waals surface area contributed by atoms with Gasteiger partial charge in [-0.15, -0.1) is 0 Å². The second-order valence-electron chi connectivity index (χ2n) is 8.07. The summed E-state index contributed by atoms with van der Waals surface area (Å²) >= 11 is 9.43. The van der Waals surface area contributed by atoms with E-state index in [1.54, 1.807) is 24.3 Å². The molecule has 206 valence electrons. The van der Waals surface area contributed by atoms with E-state index in [1.165, 1.54) is 11.8 Å². The third kappa shape index (κ3) is 12.6. The van der Waals surface area contributed by atoms with Gasteiger partial charge in [0.1, 0.15) is 18.1 Å². The molecule has 37 heavy (non-hydrogen) atoms. The number of carboxylic acid groups (broad SMARTS) is 1. The van der Waals surface area contributed by atoms with Crippen molar-refractivity contribution in [2.45, 2.75) is 43.4 Å². The summed E-state index contributed by atoms with van der Waals surface area (Å²) < 4.78 is 0. The average molecular weight is 574 g/mol. The van der Waals surface area contributed by atoms with Gasteiger partial charge >= 0.3 is 5.97 Å². The summed E-state index contributed by atoms with van der Waals surface area (Å²) in [6.45, 7) is -0.403. The molecule has 7 N–H and O–H groups in total. The van der Waals surface area contributed by atoms with Crippen LogP contribution >= 0.6 is 37.0 Å². The van der Waals surface area contributed by atoms with Gasteiger partial charge in [0.25, 0.3) is 0 Å². The molecular weight excluding hydrogens is 538 g/mol. The van der Waals surface area contributed by atoms with Gasteiger partial charge in [-0.2, -0.15) is 37.0 Å². The zero-order valence-corrected chi connectivity index (χ0v) is 23.1. The minimum atomic E-state index is -1.20. The van der Waals surface area contributed by atoms with Crippen molar-refractivity contribution in [2.75, 3.05) is 30.1 Å². The molecule has 0 saturated heterocycles. The monoisotopic (exact) mass is 573 g/mol. The normalized spacial score (nSPS) is 13.9. The predicted octanol–water partition coefficient (Wildman–Crippen LogP) is -0.786. The van der Waals surface area contributed by atoms with Crippen molar-refractivity contribution >= 4 is 66.6 Å². The fourth-order valence-electron chi connectivity index (χ4n) is 3.12. The molecule has 1 aromatic carbocycles. The first-order valence-corrected chi connectivity index (χ1v) is 14.2. The Morgan fingerprint density at radius 2 is 1.54 bits per heavy atom. The van der Waals surface area contributed by atoms with Crippen LogP contribution in [0.1, 0.15) is 18.4 Å². The highest BCUT2D eigenvalue weighted by Gasteiger charge is 2.29. The van der Waals surface area contributed by atoms with Gasteiger partial charge in [0.05, 0.1) is 12.6 Å². The molecule has 1 rings (SSSR count). The molecule has 0 spiro atoms. The zero-order chi connectivity index (χ0) is 27.8. The van der Waals surface area contributed by atoms with Gasteiger partial charge < -0.3 is 32.1 Å². The number of benzene rings is 1. The predicted molar refractivity (Wildman–Crippen MR) is 150 cm³/mol. The third-order valence-corrected chi connectivity index (χ3v) is 6.46. The van der Waals surface area contributed by atoms with Gasteiger partial charge in [0, 0.05) is 12.2 Å². The molecule has 0 aliphatic carbocycles. The molecule has 14 heteroatoms. The quantitative estimate of drug-likeness (QED) is 0.112. The number of aliphatic carboxylic acids is 1. The largest absolute Gasteiger partial charge is 0.480 e. The summed E-state index contributed by atoms with van der Waals surface area (Å²) in [5.41, 5.74) is 6.34. The average Bonchev–Trinajstić information content (AvgIpc) is 2.88. The number of rotatable bonds is 17. The Labute approximate surface area is 231 Å². The highest BCUT2D eigenvalue weighted by atomic mass is 32.2. The Bertz CT molecular complexity index is 908. The molecule has 0 heterocycles. The minimum absolute atomic E-state index is 0.0999. The van der Waals surface area contributed by atoms with Gasteiger partial charge in [-0.25, -0.2) is 4.79 Å². The first-order valence-electron chi connectivity index (χ1n) is 11.5. The molecule has 0 aliphatic rings. The summed E-state index contributed by atoms with van der Waals surface area (Å²) in [5.74, 6) is -2.78. The molecule has 0 aliphatic heterocycles. The van der Waals surface area contributed by atoms with Crippen molar-refractivity contribution in [3.8, 4) is 0 Å². The number of nitrogens with one attached hydrogen (secondary N) is 4. The number of carbonyl (C=O) groups excluding carboxylic acids is 4. The molecule has 4 atom stereocenters. The van der Waals surface area contributed by atoms with Gasteiger partial charge in [0.2, 0.25) is 23.6 Å². The molecule has 0 saturated carbocycles. The van der Waals surface area contributed by atoms with Crippen LogP contribution in [0.3, 0.4) is 0 Å². The number of nitrogens with two attached hydrogens (primary N) is 1. The number of hydrogen-bond donors (Lipinski definition) is 8. The van der Waals surface area contributed by atoms with Crippen LogP contribution in [0.4, 0.5) is 0 Å². The number of hydrogen-bond acceptors (Lipinski definition) is 9. The molecule has 11 nitrogen and oxygen atoms in total. The lowest BCUT2D eigenvalue weighted by Crippen LogP contribution is -2.57. The van der Waals surface area contributed by atoms with Crippen molar-refractivity contribution in [3.05, 3.63) is 35.9 Å². The molecule has 0 fully saturated rings. The number of amides is 4. The lowest BCUT2D eigenvalue weighted by Gasteiger charge is -2.24. The van der Waals surface area contributed by atoms with Gasteiger partial charge in [-0.3, -0.25) is 19.2 Å². The van der Waals surface area contributed by atoms with Crippen LogP contribution in [0, 0.1) is 0 Å². The molecule has 4 amide bonds. The van der Waals surface area contributed by atoms with Gasteiger partial charge in [-0.05, 0) is 36.2 Å². The van der Waals surface area contributed by atoms with E-state index in [0.29, 0.717) is 5.75 Å².